The summed E-state index contributed by atoms with van der Waals surface area (Å²) in [5.74, 6) is 3.55. The Balaban J connectivity index is 0.968. The maximum absolute atomic E-state index is 2.54. The van der Waals surface area contributed by atoms with Crippen LogP contribution in [0.25, 0.3) is 54.9 Å². The first kappa shape index (κ1) is 32.3. The van der Waals surface area contributed by atoms with Gasteiger partial charge in [-0.3, -0.25) is 0 Å². The predicted octanol–water partition coefficient (Wildman–Crippen LogP) is 14.9. The van der Waals surface area contributed by atoms with Gasteiger partial charge in [0.1, 0.15) is 0 Å². The van der Waals surface area contributed by atoms with Crippen molar-refractivity contribution < 1.29 is 0 Å². The molecule has 0 aliphatic heterocycles. The van der Waals surface area contributed by atoms with Gasteiger partial charge in [-0.1, -0.05) is 146 Å². The monoisotopic (exact) mass is 719 g/mol. The van der Waals surface area contributed by atoms with Crippen LogP contribution in [0.3, 0.4) is 0 Å². The van der Waals surface area contributed by atoms with Gasteiger partial charge in [0.15, 0.2) is 0 Å². The van der Waals surface area contributed by atoms with Gasteiger partial charge in [-0.25, -0.2) is 0 Å². The number of hydrogen-bond acceptors (Lipinski definition) is 1. The largest absolute Gasteiger partial charge is 0.310 e. The first-order valence-corrected chi connectivity index (χ1v) is 20.9. The molecule has 56 heavy (non-hydrogen) atoms. The molecular formula is C55H45N. The molecule has 0 radical (unpaired) electrons. The van der Waals surface area contributed by atoms with Crippen molar-refractivity contribution in [3.63, 3.8) is 0 Å². The van der Waals surface area contributed by atoms with Gasteiger partial charge < -0.3 is 4.90 Å². The van der Waals surface area contributed by atoms with Crippen molar-refractivity contribution in [2.24, 2.45) is 23.7 Å². The molecular weight excluding hydrogens is 675 g/mol. The molecule has 8 aromatic rings. The summed E-state index contributed by atoms with van der Waals surface area (Å²) in [6.45, 7) is 0. The summed E-state index contributed by atoms with van der Waals surface area (Å²) >= 11 is 0. The van der Waals surface area contributed by atoms with Crippen LogP contribution in [0.15, 0.2) is 176 Å². The van der Waals surface area contributed by atoms with Gasteiger partial charge in [0, 0.05) is 22.2 Å². The maximum Gasteiger partial charge on any atom is 0.0540 e. The van der Waals surface area contributed by atoms with Gasteiger partial charge >= 0.3 is 0 Å². The molecule has 3 fully saturated rings. The second-order valence-electron chi connectivity index (χ2n) is 17.3. The van der Waals surface area contributed by atoms with Crippen LogP contribution in [0, 0.1) is 23.7 Å². The van der Waals surface area contributed by atoms with Crippen LogP contribution in [-0.4, -0.2) is 0 Å². The summed E-state index contributed by atoms with van der Waals surface area (Å²) < 4.78 is 0. The quantitative estimate of drug-likeness (QED) is 0.171. The zero-order chi connectivity index (χ0) is 36.8. The van der Waals surface area contributed by atoms with E-state index < -0.39 is 0 Å². The van der Waals surface area contributed by atoms with E-state index in [1.54, 1.807) is 11.1 Å². The third-order valence-corrected chi connectivity index (χ3v) is 14.6. The standard InChI is InChI=1S/C55H45N/c1-2-11-39(12-3-1)47-27-29-54(50-16-7-6-14-48(47)50)56(46-26-22-37-10-4-5-13-40(37)33-46)45-24-20-38(21-25-45)41-23-28-53-51(34-41)49-15-8-9-17-52(49)55(53)35-42-19-18-36-30-43(42)32-44(55)31-36/h1-17,20-29,33-34,36,42-44H,18-19,30-32,35H2. The summed E-state index contributed by atoms with van der Waals surface area (Å²) in [4.78, 5) is 2.45. The number of fused-ring (bicyclic) bond motifs is 10. The van der Waals surface area contributed by atoms with Crippen LogP contribution in [0.4, 0.5) is 17.1 Å². The molecule has 270 valence electrons. The lowest BCUT2D eigenvalue weighted by Crippen LogP contribution is -2.50. The second kappa shape index (κ2) is 12.6. The summed E-state index contributed by atoms with van der Waals surface area (Å²) in [5, 5.41) is 4.98. The molecule has 0 aromatic heterocycles. The maximum atomic E-state index is 2.54. The molecule has 4 aliphatic carbocycles. The third kappa shape index (κ3) is 4.86. The first-order valence-electron chi connectivity index (χ1n) is 20.9. The fraction of sp³-hybridized carbons (Fsp3) is 0.200. The molecule has 4 aliphatic rings. The zero-order valence-corrected chi connectivity index (χ0v) is 31.7. The van der Waals surface area contributed by atoms with E-state index in [2.05, 4.69) is 181 Å². The van der Waals surface area contributed by atoms with E-state index in [-0.39, 0.29) is 5.41 Å². The van der Waals surface area contributed by atoms with E-state index in [0.717, 1.165) is 35.0 Å². The summed E-state index contributed by atoms with van der Waals surface area (Å²) in [5.41, 5.74) is 14.9. The number of benzene rings is 8. The van der Waals surface area contributed by atoms with Crippen molar-refractivity contribution in [1.82, 2.24) is 0 Å². The van der Waals surface area contributed by atoms with Crippen LogP contribution < -0.4 is 4.90 Å². The Morgan fingerprint density at radius 2 is 1.16 bits per heavy atom. The van der Waals surface area contributed by atoms with E-state index in [9.17, 15) is 0 Å². The summed E-state index contributed by atoms with van der Waals surface area (Å²) in [6, 6.07) is 66.1. The Hall–Kier alpha value is -5.92. The van der Waals surface area contributed by atoms with E-state index in [1.807, 2.05) is 0 Å². The van der Waals surface area contributed by atoms with Crippen molar-refractivity contribution in [3.05, 3.63) is 187 Å². The van der Waals surface area contributed by atoms with Gasteiger partial charge in [0.05, 0.1) is 5.69 Å². The Morgan fingerprint density at radius 3 is 2.05 bits per heavy atom. The van der Waals surface area contributed by atoms with Crippen LogP contribution in [-0.2, 0) is 5.41 Å². The highest BCUT2D eigenvalue weighted by Gasteiger charge is 2.57. The fourth-order valence-electron chi connectivity index (χ4n) is 12.2. The molecule has 1 nitrogen and oxygen atoms in total. The lowest BCUT2D eigenvalue weighted by molar-refractivity contribution is -0.0103. The summed E-state index contributed by atoms with van der Waals surface area (Å²) in [7, 11) is 0. The topological polar surface area (TPSA) is 3.24 Å². The van der Waals surface area contributed by atoms with E-state index in [4.69, 9.17) is 0 Å². The second-order valence-corrected chi connectivity index (χ2v) is 17.3. The molecule has 12 rings (SSSR count). The Kier molecular flexibility index (Phi) is 7.25. The average Bonchev–Trinajstić information content (AvgIpc) is 3.54. The molecule has 0 saturated heterocycles. The van der Waals surface area contributed by atoms with E-state index in [0.29, 0.717) is 0 Å². The average molecular weight is 720 g/mol. The van der Waals surface area contributed by atoms with Gasteiger partial charge in [0.25, 0.3) is 0 Å². The molecule has 5 atom stereocenters. The number of rotatable bonds is 5. The molecule has 1 spiro atoms. The van der Waals surface area contributed by atoms with E-state index in [1.165, 1.54) is 99.1 Å². The zero-order valence-electron chi connectivity index (χ0n) is 31.7. The van der Waals surface area contributed by atoms with Crippen molar-refractivity contribution in [2.45, 2.75) is 43.9 Å². The number of hydrogen-bond donors (Lipinski definition) is 0. The first-order chi connectivity index (χ1) is 27.7. The normalized spacial score (nSPS) is 23.0. The minimum Gasteiger partial charge on any atom is -0.310 e. The Morgan fingerprint density at radius 1 is 0.429 bits per heavy atom. The van der Waals surface area contributed by atoms with Crippen LogP contribution in [0.1, 0.15) is 49.7 Å². The SMILES string of the molecule is c1ccc(-c2ccc(N(c3ccc(-c4ccc5c(c4)-c4ccccc4C54CC5CCC6CC5CC4C6)cc3)c3ccc4ccccc4c3)c3ccccc23)cc1. The number of nitrogens with zero attached hydrogens (tertiary/aromatic N) is 1. The van der Waals surface area contributed by atoms with Crippen LogP contribution in [0.5, 0.6) is 0 Å². The van der Waals surface area contributed by atoms with E-state index >= 15 is 0 Å². The fourth-order valence-corrected chi connectivity index (χ4v) is 12.2. The van der Waals surface area contributed by atoms with Crippen molar-refractivity contribution >= 4 is 38.6 Å². The van der Waals surface area contributed by atoms with Crippen molar-refractivity contribution in [2.75, 3.05) is 4.90 Å². The molecule has 0 amide bonds. The molecule has 8 aromatic carbocycles. The lowest BCUT2D eigenvalue weighted by atomic mass is 9.47. The minimum atomic E-state index is 0.188. The third-order valence-electron chi connectivity index (χ3n) is 14.6. The Labute approximate surface area is 330 Å². The van der Waals surface area contributed by atoms with Gasteiger partial charge in [0.2, 0.25) is 0 Å². The van der Waals surface area contributed by atoms with Gasteiger partial charge in [-0.2, -0.15) is 0 Å². The molecule has 5 unspecified atom stereocenters. The molecule has 0 N–H and O–H groups in total. The van der Waals surface area contributed by atoms with Gasteiger partial charge in [-0.15, -0.1) is 0 Å². The van der Waals surface area contributed by atoms with Crippen molar-refractivity contribution in [3.8, 4) is 33.4 Å². The highest BCUT2D eigenvalue weighted by atomic mass is 15.1. The minimum absolute atomic E-state index is 0.188. The molecule has 3 bridgehead atoms. The van der Waals surface area contributed by atoms with Crippen LogP contribution in [0.2, 0.25) is 0 Å². The van der Waals surface area contributed by atoms with Gasteiger partial charge in [-0.05, 0) is 153 Å². The molecule has 1 heteroatoms. The Bertz CT molecular complexity index is 2800. The predicted molar refractivity (Wildman–Crippen MR) is 235 cm³/mol. The summed E-state index contributed by atoms with van der Waals surface area (Å²) in [6.07, 6.45) is 8.58. The lowest BCUT2D eigenvalue weighted by Gasteiger charge is -2.57. The highest BCUT2D eigenvalue weighted by molar-refractivity contribution is 6.06. The highest BCUT2D eigenvalue weighted by Crippen LogP contribution is 2.66. The molecule has 3 saturated carbocycles. The smallest absolute Gasteiger partial charge is 0.0540 e. The molecule has 0 heterocycles. The van der Waals surface area contributed by atoms with Crippen LogP contribution >= 0.6 is 0 Å². The van der Waals surface area contributed by atoms with Crippen molar-refractivity contribution in [1.29, 1.82) is 0 Å². The number of anilines is 3.